The largest absolute Gasteiger partial charge is 0.480 e. The van der Waals surface area contributed by atoms with Crippen LogP contribution < -0.4 is 5.32 Å². The third-order valence-electron chi connectivity index (χ3n) is 3.94. The van der Waals surface area contributed by atoms with Gasteiger partial charge in [0, 0.05) is 6.54 Å². The van der Waals surface area contributed by atoms with E-state index in [4.69, 9.17) is 38.3 Å². The van der Waals surface area contributed by atoms with Crippen molar-refractivity contribution in [1.82, 2.24) is 5.32 Å². The molecule has 0 aromatic rings. The van der Waals surface area contributed by atoms with Crippen LogP contribution in [0, 0.1) is 0 Å². The summed E-state index contributed by atoms with van der Waals surface area (Å²) in [4.78, 5) is 32.4. The summed E-state index contributed by atoms with van der Waals surface area (Å²) in [5, 5.41) is 10.9. The number of methoxy groups -OCH3 is 1. The summed E-state index contributed by atoms with van der Waals surface area (Å²) >= 11 is 0. The van der Waals surface area contributed by atoms with Gasteiger partial charge in [0.25, 0.3) is 0 Å². The second kappa shape index (κ2) is 27.7. The number of carboxylic acid groups (broad SMARTS) is 1. The molecule has 0 saturated carbocycles. The summed E-state index contributed by atoms with van der Waals surface area (Å²) in [5.41, 5.74) is 0. The van der Waals surface area contributed by atoms with Gasteiger partial charge in [0.15, 0.2) is 0 Å². The number of aliphatic carboxylic acids is 1. The van der Waals surface area contributed by atoms with Crippen molar-refractivity contribution in [2.45, 2.75) is 6.42 Å². The average molecular weight is 528 g/mol. The van der Waals surface area contributed by atoms with E-state index in [1.807, 2.05) is 0 Å². The number of carboxylic acids is 1. The Balaban J connectivity index is 3.11. The highest BCUT2D eigenvalue weighted by molar-refractivity contribution is 5.77. The molecule has 2 N–H and O–H groups in total. The van der Waals surface area contributed by atoms with Gasteiger partial charge in [-0.2, -0.15) is 0 Å². The highest BCUT2D eigenvalue weighted by Crippen LogP contribution is 1.88. The first-order valence-corrected chi connectivity index (χ1v) is 11.7. The molecule has 0 atom stereocenters. The van der Waals surface area contributed by atoms with E-state index in [1.165, 1.54) is 7.11 Å². The van der Waals surface area contributed by atoms with Crippen molar-refractivity contribution in [3.05, 3.63) is 0 Å². The quantitative estimate of drug-likeness (QED) is 0.0929. The van der Waals surface area contributed by atoms with Crippen molar-refractivity contribution in [3.8, 4) is 0 Å². The highest BCUT2D eigenvalue weighted by Gasteiger charge is 2.03. The summed E-state index contributed by atoms with van der Waals surface area (Å²) in [6.07, 6.45) is 0.234. The van der Waals surface area contributed by atoms with E-state index in [0.717, 1.165) is 0 Å². The molecule has 14 nitrogen and oxygen atoms in total. The van der Waals surface area contributed by atoms with Gasteiger partial charge in [-0.25, -0.2) is 4.79 Å². The maximum atomic E-state index is 11.3. The van der Waals surface area contributed by atoms with E-state index in [1.54, 1.807) is 0 Å². The van der Waals surface area contributed by atoms with E-state index in [2.05, 4.69) is 14.8 Å². The van der Waals surface area contributed by atoms with Crippen molar-refractivity contribution in [1.29, 1.82) is 0 Å². The number of nitrogens with one attached hydrogen (secondary N) is 1. The average Bonchev–Trinajstić information content (AvgIpc) is 2.86. The Labute approximate surface area is 211 Å². The lowest BCUT2D eigenvalue weighted by Crippen LogP contribution is -2.31. The maximum absolute atomic E-state index is 11.3. The van der Waals surface area contributed by atoms with E-state index in [0.29, 0.717) is 99.0 Å². The van der Waals surface area contributed by atoms with E-state index in [9.17, 15) is 14.4 Å². The van der Waals surface area contributed by atoms with Gasteiger partial charge in [0.1, 0.15) is 13.2 Å². The minimum absolute atomic E-state index is 0.234. The molecule has 0 aromatic heterocycles. The lowest BCUT2D eigenvalue weighted by molar-refractivity contribution is -0.144. The highest BCUT2D eigenvalue weighted by atomic mass is 16.6. The molecule has 0 aliphatic rings. The van der Waals surface area contributed by atoms with Gasteiger partial charge in [0.2, 0.25) is 5.91 Å². The fraction of sp³-hybridized carbons (Fsp3) is 0.864. The Morgan fingerprint density at radius 3 is 1.33 bits per heavy atom. The van der Waals surface area contributed by atoms with E-state index < -0.39 is 18.5 Å². The van der Waals surface area contributed by atoms with E-state index >= 15 is 0 Å². The zero-order valence-corrected chi connectivity index (χ0v) is 21.1. The molecule has 36 heavy (non-hydrogen) atoms. The number of rotatable bonds is 28. The molecule has 0 unspecified atom stereocenters. The van der Waals surface area contributed by atoms with Crippen molar-refractivity contribution in [2.24, 2.45) is 0 Å². The molecule has 0 saturated heterocycles. The molecule has 0 spiro atoms. The number of carbonyl (C=O) groups is 3. The molecule has 0 heterocycles. The molecule has 0 aliphatic heterocycles. The van der Waals surface area contributed by atoms with Gasteiger partial charge < -0.3 is 53.1 Å². The number of carbonyl (C=O) groups excluding carboxylic acids is 2. The summed E-state index contributed by atoms with van der Waals surface area (Å²) in [6.45, 7) is 5.37. The summed E-state index contributed by atoms with van der Waals surface area (Å²) in [5.74, 6) is -1.82. The zero-order chi connectivity index (χ0) is 26.5. The molecule has 212 valence electrons. The maximum Gasteiger partial charge on any atom is 0.329 e. The normalized spacial score (nSPS) is 10.9. The monoisotopic (exact) mass is 527 g/mol. The molecule has 0 aromatic carbocycles. The predicted octanol–water partition coefficient (Wildman–Crippen LogP) is -1.12. The topological polar surface area (TPSA) is 167 Å². The van der Waals surface area contributed by atoms with Gasteiger partial charge >= 0.3 is 11.9 Å². The third-order valence-corrected chi connectivity index (χ3v) is 3.94. The predicted molar refractivity (Wildman–Crippen MR) is 124 cm³/mol. The van der Waals surface area contributed by atoms with Gasteiger partial charge in [-0.1, -0.05) is 0 Å². The number of hydrogen-bond donors (Lipinski definition) is 2. The first-order valence-electron chi connectivity index (χ1n) is 11.7. The molecule has 14 heteroatoms. The van der Waals surface area contributed by atoms with Crippen LogP contribution in [0.2, 0.25) is 0 Å². The molecular formula is C22H41NO13. The Bertz CT molecular complexity index is 536. The van der Waals surface area contributed by atoms with Gasteiger partial charge in [-0.05, 0) is 0 Å². The molecule has 0 aliphatic carbocycles. The number of esters is 1. The molecule has 1 amide bonds. The fourth-order valence-corrected chi connectivity index (χ4v) is 2.22. The first kappa shape index (κ1) is 34.1. The lowest BCUT2D eigenvalue weighted by Gasteiger charge is -2.09. The molecule has 0 rings (SSSR count). The second-order valence-corrected chi connectivity index (χ2v) is 6.85. The fourth-order valence-electron chi connectivity index (χ4n) is 2.22. The van der Waals surface area contributed by atoms with Crippen LogP contribution in [0.3, 0.4) is 0 Å². The van der Waals surface area contributed by atoms with Gasteiger partial charge in [0.05, 0.1) is 106 Å². The number of ether oxygens (including phenoxy) is 9. The van der Waals surface area contributed by atoms with Crippen LogP contribution in [0.25, 0.3) is 0 Å². The van der Waals surface area contributed by atoms with Crippen LogP contribution in [-0.2, 0) is 57.0 Å². The van der Waals surface area contributed by atoms with Crippen LogP contribution in [0.1, 0.15) is 6.42 Å². The van der Waals surface area contributed by atoms with Gasteiger partial charge in [-0.15, -0.1) is 0 Å². The Morgan fingerprint density at radius 1 is 0.556 bits per heavy atom. The Kier molecular flexibility index (Phi) is 26.2. The van der Waals surface area contributed by atoms with Crippen LogP contribution in [0.5, 0.6) is 0 Å². The van der Waals surface area contributed by atoms with Crippen molar-refractivity contribution in [2.75, 3.05) is 119 Å². The minimum Gasteiger partial charge on any atom is -0.480 e. The first-order chi connectivity index (χ1) is 17.6. The Morgan fingerprint density at radius 2 is 0.944 bits per heavy atom. The van der Waals surface area contributed by atoms with Crippen molar-refractivity contribution in [3.63, 3.8) is 0 Å². The summed E-state index contributed by atoms with van der Waals surface area (Å²) in [7, 11) is 1.34. The summed E-state index contributed by atoms with van der Waals surface area (Å²) < 4.78 is 46.5. The minimum atomic E-state index is -1.13. The molecule has 0 fully saturated rings. The number of hydrogen-bond acceptors (Lipinski definition) is 12. The van der Waals surface area contributed by atoms with Gasteiger partial charge in [-0.3, -0.25) is 9.59 Å². The van der Waals surface area contributed by atoms with Crippen LogP contribution >= 0.6 is 0 Å². The van der Waals surface area contributed by atoms with E-state index in [-0.39, 0.29) is 19.0 Å². The zero-order valence-electron chi connectivity index (χ0n) is 21.1. The molecule has 0 bridgehead atoms. The third kappa shape index (κ3) is 28.3. The SMILES string of the molecule is COC(=O)CCOCCOCCOCCOCCOCCOCCOCCNC(=O)COCC(=O)O. The summed E-state index contributed by atoms with van der Waals surface area (Å²) in [6, 6.07) is 0. The van der Waals surface area contributed by atoms with Crippen LogP contribution in [-0.4, -0.2) is 142 Å². The van der Waals surface area contributed by atoms with Crippen molar-refractivity contribution < 1.29 is 62.1 Å². The second-order valence-electron chi connectivity index (χ2n) is 6.85. The standard InChI is InChI=1S/C22H41NO13/c1-28-22(27)2-4-29-6-8-31-10-12-33-14-16-35-17-15-34-13-11-32-9-7-30-5-3-23-20(24)18-36-19-21(25)26/h2-19H2,1H3,(H,23,24)(H,25,26). The van der Waals surface area contributed by atoms with Crippen LogP contribution in [0.15, 0.2) is 0 Å². The van der Waals surface area contributed by atoms with Crippen molar-refractivity contribution >= 4 is 17.8 Å². The Hall–Kier alpha value is -1.91. The smallest absolute Gasteiger partial charge is 0.329 e. The lowest BCUT2D eigenvalue weighted by atomic mass is 10.5. The molecular weight excluding hydrogens is 486 g/mol. The van der Waals surface area contributed by atoms with Crippen LogP contribution in [0.4, 0.5) is 0 Å². The number of amides is 1. The molecule has 0 radical (unpaired) electrons.